The summed E-state index contributed by atoms with van der Waals surface area (Å²) >= 11 is 3.47. The van der Waals surface area contributed by atoms with Crippen molar-refractivity contribution in [3.63, 3.8) is 0 Å². The minimum absolute atomic E-state index is 0.0376. The van der Waals surface area contributed by atoms with E-state index in [0.29, 0.717) is 5.56 Å². The molecule has 0 radical (unpaired) electrons. The van der Waals surface area contributed by atoms with Gasteiger partial charge >= 0.3 is 0 Å². The summed E-state index contributed by atoms with van der Waals surface area (Å²) in [6, 6.07) is 11.4. The number of carbonyl (C=O) groups is 1. The minimum Gasteiger partial charge on any atom is -0.399 e. The minimum atomic E-state index is 0.0376. The third kappa shape index (κ3) is 1.88. The maximum Gasteiger partial charge on any atom is 0.194 e. The molecule has 0 unspecified atom stereocenters. The number of carbonyl (C=O) groups excluding carboxylic acids is 1. The first-order valence-electron chi connectivity index (χ1n) is 5.76. The summed E-state index contributed by atoms with van der Waals surface area (Å²) in [5, 5.41) is 3.76. The third-order valence-corrected chi connectivity index (χ3v) is 3.58. The zero-order valence-corrected chi connectivity index (χ0v) is 11.8. The monoisotopic (exact) mass is 315 g/mol. The van der Waals surface area contributed by atoms with Crippen LogP contribution >= 0.6 is 15.9 Å². The Bertz CT molecular complexity index is 707. The van der Waals surface area contributed by atoms with Crippen molar-refractivity contribution in [3.8, 4) is 11.1 Å². The Balaban J connectivity index is 2.29. The number of benzene rings is 2. The lowest BCUT2D eigenvalue weighted by Crippen LogP contribution is -2.00. The second-order valence-electron chi connectivity index (χ2n) is 4.21. The molecule has 3 rings (SSSR count). The maximum atomic E-state index is 12.5. The summed E-state index contributed by atoms with van der Waals surface area (Å²) < 4.78 is 0.910. The predicted molar refractivity (Wildman–Crippen MR) is 77.6 cm³/mol. The largest absolute Gasteiger partial charge is 0.399 e. The molecule has 2 aromatic rings. The fraction of sp³-hybridized carbons (Fsp3) is 0.0667. The Labute approximate surface area is 119 Å². The topological polar surface area (TPSA) is 38.7 Å². The van der Waals surface area contributed by atoms with Gasteiger partial charge in [-0.05, 0) is 23.3 Å². The normalized spacial score (nSPS) is 12.6. The summed E-state index contributed by atoms with van der Waals surface area (Å²) in [4.78, 5) is 17.2. The van der Waals surface area contributed by atoms with E-state index < -0.39 is 0 Å². The highest BCUT2D eigenvalue weighted by Gasteiger charge is 2.28. The Kier molecular flexibility index (Phi) is 2.95. The smallest absolute Gasteiger partial charge is 0.194 e. The van der Waals surface area contributed by atoms with E-state index in [4.69, 9.17) is 4.84 Å². The average Bonchev–Trinajstić information content (AvgIpc) is 2.70. The highest BCUT2D eigenvalue weighted by molar-refractivity contribution is 9.10. The number of oxime groups is 1. The number of hydrogen-bond acceptors (Lipinski definition) is 3. The average molecular weight is 316 g/mol. The standard InChI is InChI=1S/C15H10BrNO2/c1-19-17-8-9-6-10(16)7-13-11-4-2-3-5-12(11)15(18)14(9)13/h2-8H,1H3/b17-8+. The molecule has 0 spiro atoms. The van der Waals surface area contributed by atoms with Gasteiger partial charge in [-0.1, -0.05) is 45.4 Å². The van der Waals surface area contributed by atoms with Gasteiger partial charge in [0, 0.05) is 21.2 Å². The lowest BCUT2D eigenvalue weighted by molar-refractivity contribution is 0.104. The van der Waals surface area contributed by atoms with E-state index in [1.54, 1.807) is 6.21 Å². The fourth-order valence-corrected chi connectivity index (χ4v) is 2.83. The van der Waals surface area contributed by atoms with Crippen LogP contribution in [0.25, 0.3) is 11.1 Å². The van der Waals surface area contributed by atoms with E-state index in [2.05, 4.69) is 21.1 Å². The van der Waals surface area contributed by atoms with Crippen LogP contribution in [0.15, 0.2) is 46.0 Å². The number of rotatable bonds is 2. The van der Waals surface area contributed by atoms with Crippen molar-refractivity contribution in [1.82, 2.24) is 0 Å². The van der Waals surface area contributed by atoms with Crippen molar-refractivity contribution in [2.75, 3.05) is 7.11 Å². The zero-order valence-electron chi connectivity index (χ0n) is 10.2. The molecule has 0 saturated heterocycles. The van der Waals surface area contributed by atoms with Crippen LogP contribution in [0.5, 0.6) is 0 Å². The lowest BCUT2D eigenvalue weighted by atomic mass is 10.0. The molecule has 0 aromatic heterocycles. The Morgan fingerprint density at radius 1 is 1.16 bits per heavy atom. The summed E-state index contributed by atoms with van der Waals surface area (Å²) in [7, 11) is 1.48. The van der Waals surface area contributed by atoms with Gasteiger partial charge in [-0.2, -0.15) is 0 Å². The van der Waals surface area contributed by atoms with Gasteiger partial charge in [0.25, 0.3) is 0 Å². The molecular weight excluding hydrogens is 306 g/mol. The van der Waals surface area contributed by atoms with Gasteiger partial charge in [0.1, 0.15) is 7.11 Å². The van der Waals surface area contributed by atoms with E-state index >= 15 is 0 Å². The molecule has 3 nitrogen and oxygen atoms in total. The zero-order chi connectivity index (χ0) is 13.4. The fourth-order valence-electron chi connectivity index (χ4n) is 2.36. The van der Waals surface area contributed by atoms with Crippen molar-refractivity contribution >= 4 is 27.9 Å². The lowest BCUT2D eigenvalue weighted by Gasteiger charge is -2.04. The van der Waals surface area contributed by atoms with Gasteiger partial charge in [-0.25, -0.2) is 0 Å². The van der Waals surface area contributed by atoms with Crippen molar-refractivity contribution in [2.45, 2.75) is 0 Å². The second-order valence-corrected chi connectivity index (χ2v) is 5.13. The van der Waals surface area contributed by atoms with E-state index in [0.717, 1.165) is 26.7 Å². The van der Waals surface area contributed by atoms with Gasteiger partial charge in [0.2, 0.25) is 0 Å². The van der Waals surface area contributed by atoms with Crippen molar-refractivity contribution in [3.05, 3.63) is 57.6 Å². The van der Waals surface area contributed by atoms with Crippen LogP contribution in [0.1, 0.15) is 21.5 Å². The molecule has 1 aliphatic rings. The molecule has 4 heteroatoms. The Hall–Kier alpha value is -1.94. The quantitative estimate of drug-likeness (QED) is 0.535. The van der Waals surface area contributed by atoms with E-state index in [9.17, 15) is 4.79 Å². The summed E-state index contributed by atoms with van der Waals surface area (Å²) in [6.07, 6.45) is 1.56. The number of fused-ring (bicyclic) bond motifs is 3. The molecule has 0 N–H and O–H groups in total. The van der Waals surface area contributed by atoms with Crippen LogP contribution in [-0.4, -0.2) is 19.1 Å². The molecule has 2 aromatic carbocycles. The molecular formula is C15H10BrNO2. The van der Waals surface area contributed by atoms with Crippen LogP contribution < -0.4 is 0 Å². The highest BCUT2D eigenvalue weighted by Crippen LogP contribution is 2.39. The van der Waals surface area contributed by atoms with E-state index in [1.807, 2.05) is 36.4 Å². The Morgan fingerprint density at radius 3 is 2.63 bits per heavy atom. The van der Waals surface area contributed by atoms with E-state index in [-0.39, 0.29) is 5.78 Å². The highest BCUT2D eigenvalue weighted by atomic mass is 79.9. The first-order chi connectivity index (χ1) is 9.22. The van der Waals surface area contributed by atoms with Crippen molar-refractivity contribution in [2.24, 2.45) is 5.16 Å². The Morgan fingerprint density at radius 2 is 1.89 bits per heavy atom. The van der Waals surface area contributed by atoms with Crippen LogP contribution in [0, 0.1) is 0 Å². The molecule has 0 fully saturated rings. The molecule has 19 heavy (non-hydrogen) atoms. The molecule has 0 aliphatic heterocycles. The second kappa shape index (κ2) is 4.63. The van der Waals surface area contributed by atoms with Crippen LogP contribution in [0.2, 0.25) is 0 Å². The molecule has 0 amide bonds. The van der Waals surface area contributed by atoms with Gasteiger partial charge in [0.05, 0.1) is 6.21 Å². The molecule has 0 bridgehead atoms. The number of ketones is 1. The number of hydrogen-bond donors (Lipinski definition) is 0. The summed E-state index contributed by atoms with van der Waals surface area (Å²) in [6.45, 7) is 0. The first-order valence-corrected chi connectivity index (χ1v) is 6.56. The summed E-state index contributed by atoms with van der Waals surface area (Å²) in [5.74, 6) is 0.0376. The molecule has 0 atom stereocenters. The predicted octanol–water partition coefficient (Wildman–Crippen LogP) is 3.64. The number of halogens is 1. The molecule has 0 saturated carbocycles. The maximum absolute atomic E-state index is 12.5. The van der Waals surface area contributed by atoms with Crippen molar-refractivity contribution in [1.29, 1.82) is 0 Å². The molecule has 0 heterocycles. The number of nitrogens with zero attached hydrogens (tertiary/aromatic N) is 1. The molecule has 94 valence electrons. The van der Waals surface area contributed by atoms with Crippen LogP contribution in [0.3, 0.4) is 0 Å². The molecule has 1 aliphatic carbocycles. The third-order valence-electron chi connectivity index (χ3n) is 3.12. The van der Waals surface area contributed by atoms with Gasteiger partial charge in [-0.3, -0.25) is 4.79 Å². The van der Waals surface area contributed by atoms with Gasteiger partial charge < -0.3 is 4.84 Å². The van der Waals surface area contributed by atoms with Crippen LogP contribution in [-0.2, 0) is 4.84 Å². The SMILES string of the molecule is CO/N=C/c1cc(Br)cc2c1C(=O)c1ccccc1-2. The van der Waals surface area contributed by atoms with Gasteiger partial charge in [-0.15, -0.1) is 0 Å². The first kappa shape index (κ1) is 12.1. The van der Waals surface area contributed by atoms with Gasteiger partial charge in [0.15, 0.2) is 5.78 Å². The van der Waals surface area contributed by atoms with E-state index in [1.165, 1.54) is 7.11 Å². The van der Waals surface area contributed by atoms with Crippen LogP contribution in [0.4, 0.5) is 0 Å². The summed E-state index contributed by atoms with van der Waals surface area (Å²) in [5.41, 5.74) is 4.09. The van der Waals surface area contributed by atoms with Crippen molar-refractivity contribution < 1.29 is 9.63 Å².